The molecule has 2 aromatic heterocycles. The summed E-state index contributed by atoms with van der Waals surface area (Å²) in [6.45, 7) is 2.53. The number of hydrogen-bond donors (Lipinski definition) is 2. The molecule has 0 spiro atoms. The number of nitrogens with two attached hydrogens (primary N) is 1. The minimum Gasteiger partial charge on any atom is -0.346 e. The van der Waals surface area contributed by atoms with Gasteiger partial charge < -0.3 is 11.1 Å². The number of rotatable bonds is 3. The summed E-state index contributed by atoms with van der Waals surface area (Å²) in [7, 11) is 0. The SMILES string of the molecule is Cc1cnc(CNC(=O)c2ccc(C#CCN)s2)cn1. The maximum absolute atomic E-state index is 12.0. The Hall–Kier alpha value is -2.23. The Bertz CT molecular complexity index is 652. The van der Waals surface area contributed by atoms with E-state index in [1.165, 1.54) is 11.3 Å². The van der Waals surface area contributed by atoms with Crippen LogP contribution in [-0.2, 0) is 6.54 Å². The number of nitrogens with one attached hydrogen (secondary N) is 1. The van der Waals surface area contributed by atoms with E-state index in [4.69, 9.17) is 5.73 Å². The summed E-state index contributed by atoms with van der Waals surface area (Å²) in [6.07, 6.45) is 3.33. The molecule has 0 saturated carbocycles. The third kappa shape index (κ3) is 3.88. The zero-order chi connectivity index (χ0) is 14.4. The summed E-state index contributed by atoms with van der Waals surface area (Å²) < 4.78 is 0. The molecule has 2 rings (SSSR count). The first-order chi connectivity index (χ1) is 9.69. The van der Waals surface area contributed by atoms with Crippen LogP contribution in [0, 0.1) is 18.8 Å². The van der Waals surface area contributed by atoms with Crippen molar-refractivity contribution in [3.05, 3.63) is 45.7 Å². The highest BCUT2D eigenvalue weighted by atomic mass is 32.1. The summed E-state index contributed by atoms with van der Waals surface area (Å²) in [4.78, 5) is 21.7. The Morgan fingerprint density at radius 1 is 1.40 bits per heavy atom. The molecule has 102 valence electrons. The van der Waals surface area contributed by atoms with Crippen LogP contribution in [0.1, 0.15) is 25.9 Å². The van der Waals surface area contributed by atoms with Gasteiger partial charge in [0.1, 0.15) is 0 Å². The second-order valence-corrected chi connectivity index (χ2v) is 5.09. The normalized spacial score (nSPS) is 9.70. The number of nitrogens with zero attached hydrogens (tertiary/aromatic N) is 2. The van der Waals surface area contributed by atoms with Crippen molar-refractivity contribution in [3.63, 3.8) is 0 Å². The maximum Gasteiger partial charge on any atom is 0.261 e. The zero-order valence-electron chi connectivity index (χ0n) is 11.0. The summed E-state index contributed by atoms with van der Waals surface area (Å²) in [5.41, 5.74) is 6.88. The van der Waals surface area contributed by atoms with Crippen LogP contribution in [-0.4, -0.2) is 22.4 Å². The number of amides is 1. The van der Waals surface area contributed by atoms with Gasteiger partial charge in [-0.15, -0.1) is 11.3 Å². The van der Waals surface area contributed by atoms with Crippen molar-refractivity contribution in [1.82, 2.24) is 15.3 Å². The van der Waals surface area contributed by atoms with Crippen LogP contribution < -0.4 is 11.1 Å². The molecule has 0 aliphatic rings. The lowest BCUT2D eigenvalue weighted by Gasteiger charge is -2.02. The predicted octanol–water partition coefficient (Wildman–Crippen LogP) is 1.09. The Labute approximate surface area is 121 Å². The van der Waals surface area contributed by atoms with E-state index in [-0.39, 0.29) is 5.91 Å². The highest BCUT2D eigenvalue weighted by Gasteiger charge is 2.08. The van der Waals surface area contributed by atoms with Gasteiger partial charge in [0.25, 0.3) is 5.91 Å². The van der Waals surface area contributed by atoms with E-state index in [2.05, 4.69) is 27.1 Å². The maximum atomic E-state index is 12.0. The third-order valence-corrected chi connectivity index (χ3v) is 3.41. The molecule has 0 aromatic carbocycles. The quantitative estimate of drug-likeness (QED) is 0.828. The van der Waals surface area contributed by atoms with Crippen molar-refractivity contribution in [2.24, 2.45) is 5.73 Å². The van der Waals surface area contributed by atoms with Crippen LogP contribution >= 0.6 is 11.3 Å². The summed E-state index contributed by atoms with van der Waals surface area (Å²) >= 11 is 1.34. The van der Waals surface area contributed by atoms with Crippen molar-refractivity contribution in [2.75, 3.05) is 6.54 Å². The van der Waals surface area contributed by atoms with Gasteiger partial charge in [0.15, 0.2) is 0 Å². The standard InChI is InChI=1S/C14H14N4OS/c1-10-7-17-11(8-16-10)9-18-14(19)13-5-4-12(20-13)3-2-6-15/h4-5,7-8H,6,9,15H2,1H3,(H,18,19). The molecule has 0 fully saturated rings. The molecule has 1 amide bonds. The number of carbonyl (C=O) groups is 1. The van der Waals surface area contributed by atoms with Gasteiger partial charge in [0, 0.05) is 6.20 Å². The number of aryl methyl sites for hydroxylation is 1. The van der Waals surface area contributed by atoms with Gasteiger partial charge in [-0.05, 0) is 19.1 Å². The fourth-order valence-corrected chi connectivity index (χ4v) is 2.23. The molecule has 0 unspecified atom stereocenters. The number of aromatic nitrogens is 2. The van der Waals surface area contributed by atoms with E-state index in [0.717, 1.165) is 16.3 Å². The van der Waals surface area contributed by atoms with Gasteiger partial charge in [-0.1, -0.05) is 11.8 Å². The van der Waals surface area contributed by atoms with E-state index in [1.807, 2.05) is 13.0 Å². The van der Waals surface area contributed by atoms with E-state index in [1.54, 1.807) is 18.5 Å². The topological polar surface area (TPSA) is 80.9 Å². The lowest BCUT2D eigenvalue weighted by molar-refractivity contribution is 0.0954. The van der Waals surface area contributed by atoms with Crippen LogP contribution in [0.15, 0.2) is 24.5 Å². The van der Waals surface area contributed by atoms with Crippen molar-refractivity contribution in [2.45, 2.75) is 13.5 Å². The second-order valence-electron chi connectivity index (χ2n) is 4.00. The molecule has 2 aromatic rings. The molecule has 6 heteroatoms. The highest BCUT2D eigenvalue weighted by molar-refractivity contribution is 7.14. The zero-order valence-corrected chi connectivity index (χ0v) is 11.8. The number of thiophene rings is 1. The molecule has 0 radical (unpaired) electrons. The van der Waals surface area contributed by atoms with Crippen molar-refractivity contribution < 1.29 is 4.79 Å². The Morgan fingerprint density at radius 3 is 2.95 bits per heavy atom. The molecule has 0 atom stereocenters. The second kappa shape index (κ2) is 6.80. The van der Waals surface area contributed by atoms with Gasteiger partial charge in [0.2, 0.25) is 0 Å². The molecular weight excluding hydrogens is 272 g/mol. The Balaban J connectivity index is 1.94. The van der Waals surface area contributed by atoms with E-state index >= 15 is 0 Å². The molecule has 0 aliphatic heterocycles. The smallest absolute Gasteiger partial charge is 0.261 e. The first-order valence-electron chi connectivity index (χ1n) is 6.03. The molecule has 3 N–H and O–H groups in total. The average Bonchev–Trinajstić information content (AvgIpc) is 2.93. The van der Waals surface area contributed by atoms with Crippen LogP contribution in [0.2, 0.25) is 0 Å². The molecule has 0 aliphatic carbocycles. The van der Waals surface area contributed by atoms with E-state index in [9.17, 15) is 4.79 Å². The largest absolute Gasteiger partial charge is 0.346 e. The number of hydrogen-bond acceptors (Lipinski definition) is 5. The van der Waals surface area contributed by atoms with E-state index in [0.29, 0.717) is 18.0 Å². The van der Waals surface area contributed by atoms with Gasteiger partial charge in [-0.3, -0.25) is 14.8 Å². The van der Waals surface area contributed by atoms with Crippen LogP contribution in [0.4, 0.5) is 0 Å². The predicted molar refractivity (Wildman–Crippen MR) is 78.2 cm³/mol. The Kier molecular flexibility index (Phi) is 4.82. The summed E-state index contributed by atoms with van der Waals surface area (Å²) in [5.74, 6) is 5.52. The van der Waals surface area contributed by atoms with Crippen LogP contribution in [0.3, 0.4) is 0 Å². The minimum absolute atomic E-state index is 0.141. The first kappa shape index (κ1) is 14.2. The van der Waals surface area contributed by atoms with Crippen LogP contribution in [0.5, 0.6) is 0 Å². The minimum atomic E-state index is -0.141. The molecule has 20 heavy (non-hydrogen) atoms. The van der Waals surface area contributed by atoms with Gasteiger partial charge in [-0.25, -0.2) is 0 Å². The monoisotopic (exact) mass is 286 g/mol. The molecule has 0 saturated heterocycles. The van der Waals surface area contributed by atoms with Crippen molar-refractivity contribution in [3.8, 4) is 11.8 Å². The average molecular weight is 286 g/mol. The fourth-order valence-electron chi connectivity index (χ4n) is 1.43. The third-order valence-electron chi connectivity index (χ3n) is 2.41. The lowest BCUT2D eigenvalue weighted by atomic mass is 10.3. The Morgan fingerprint density at radius 2 is 2.25 bits per heavy atom. The van der Waals surface area contributed by atoms with Crippen LogP contribution in [0.25, 0.3) is 0 Å². The first-order valence-corrected chi connectivity index (χ1v) is 6.85. The van der Waals surface area contributed by atoms with Gasteiger partial charge in [0.05, 0.1) is 40.4 Å². The molecule has 0 bridgehead atoms. The number of carbonyl (C=O) groups excluding carboxylic acids is 1. The van der Waals surface area contributed by atoms with E-state index < -0.39 is 0 Å². The summed E-state index contributed by atoms with van der Waals surface area (Å²) in [5, 5.41) is 2.80. The lowest BCUT2D eigenvalue weighted by Crippen LogP contribution is -2.22. The van der Waals surface area contributed by atoms with Gasteiger partial charge >= 0.3 is 0 Å². The molecular formula is C14H14N4OS. The summed E-state index contributed by atoms with van der Waals surface area (Å²) in [6, 6.07) is 3.56. The van der Waals surface area contributed by atoms with Gasteiger partial charge in [-0.2, -0.15) is 0 Å². The van der Waals surface area contributed by atoms with Crippen molar-refractivity contribution >= 4 is 17.2 Å². The molecule has 2 heterocycles. The fraction of sp³-hybridized carbons (Fsp3) is 0.214. The molecule has 5 nitrogen and oxygen atoms in total. The highest BCUT2D eigenvalue weighted by Crippen LogP contribution is 2.15. The van der Waals surface area contributed by atoms with Crippen molar-refractivity contribution in [1.29, 1.82) is 0 Å².